The van der Waals surface area contributed by atoms with Gasteiger partial charge >= 0.3 is 0 Å². The van der Waals surface area contributed by atoms with E-state index >= 15 is 0 Å². The average Bonchev–Trinajstić information content (AvgIpc) is 2.53. The molecule has 0 fully saturated rings. The van der Waals surface area contributed by atoms with Crippen molar-refractivity contribution in [2.75, 3.05) is 13.7 Å². The normalized spacial score (nSPS) is 18.8. The van der Waals surface area contributed by atoms with Crippen molar-refractivity contribution in [3.8, 4) is 11.5 Å². The summed E-state index contributed by atoms with van der Waals surface area (Å²) in [5, 5.41) is 0. The zero-order valence-corrected chi connectivity index (χ0v) is 10.1. The molecule has 0 spiro atoms. The third kappa shape index (κ3) is 1.58. The van der Waals surface area contributed by atoms with Crippen LogP contribution in [0, 0.1) is 0 Å². The molecule has 0 aromatic carbocycles. The Balaban J connectivity index is 2.67. The summed E-state index contributed by atoms with van der Waals surface area (Å²) in [7, 11) is 1.40. The first-order valence-electron chi connectivity index (χ1n) is 4.77. The van der Waals surface area contributed by atoms with Crippen LogP contribution in [0.2, 0.25) is 0 Å². The number of aromatic nitrogens is 1. The van der Waals surface area contributed by atoms with E-state index < -0.39 is 11.1 Å². The van der Waals surface area contributed by atoms with Crippen LogP contribution in [-0.2, 0) is 16.5 Å². The minimum absolute atomic E-state index is 0.0538. The molecule has 0 N–H and O–H groups in total. The fourth-order valence-electron chi connectivity index (χ4n) is 1.70. The molecule has 2 rings (SSSR count). The van der Waals surface area contributed by atoms with Crippen LogP contribution >= 0.6 is 0 Å². The summed E-state index contributed by atoms with van der Waals surface area (Å²) in [5.74, 6) is 0.530. The van der Waals surface area contributed by atoms with Gasteiger partial charge in [0.2, 0.25) is 0 Å². The fraction of sp³-hybridized carbons (Fsp3) is 0.500. The molecule has 1 aliphatic heterocycles. The highest BCUT2D eigenvalue weighted by molar-refractivity contribution is 7.79. The maximum absolute atomic E-state index is 11.2. The van der Waals surface area contributed by atoms with Crippen molar-refractivity contribution in [3.05, 3.63) is 11.9 Å². The van der Waals surface area contributed by atoms with Gasteiger partial charge in [0.05, 0.1) is 25.6 Å². The van der Waals surface area contributed by atoms with Crippen molar-refractivity contribution >= 4 is 11.1 Å². The van der Waals surface area contributed by atoms with Crippen LogP contribution in [0.5, 0.6) is 11.5 Å². The van der Waals surface area contributed by atoms with Crippen LogP contribution in [0.1, 0.15) is 19.5 Å². The summed E-state index contributed by atoms with van der Waals surface area (Å²) in [6.45, 7) is 4.33. The van der Waals surface area contributed by atoms with Crippen LogP contribution in [0.15, 0.2) is 11.1 Å². The molecule has 88 valence electrons. The highest BCUT2D eigenvalue weighted by Gasteiger charge is 2.36. The number of pyridine rings is 1. The van der Waals surface area contributed by atoms with E-state index in [2.05, 4.69) is 4.98 Å². The molecular weight excluding hydrogens is 230 g/mol. The molecule has 1 aromatic heterocycles. The molecule has 0 amide bonds. The van der Waals surface area contributed by atoms with Gasteiger partial charge in [-0.2, -0.15) is 0 Å². The predicted octanol–water partition coefficient (Wildman–Crippen LogP) is 0.998. The Kier molecular flexibility index (Phi) is 2.63. The highest BCUT2D eigenvalue weighted by Crippen LogP contribution is 2.43. The first-order chi connectivity index (χ1) is 7.47. The van der Waals surface area contributed by atoms with Gasteiger partial charge in [0, 0.05) is 5.41 Å². The molecule has 0 aliphatic carbocycles. The van der Waals surface area contributed by atoms with Crippen LogP contribution in [0.3, 0.4) is 0 Å². The van der Waals surface area contributed by atoms with Crippen molar-refractivity contribution in [2.45, 2.75) is 24.2 Å². The van der Waals surface area contributed by atoms with E-state index in [1.54, 1.807) is 0 Å². The van der Waals surface area contributed by atoms with E-state index in [1.165, 1.54) is 13.3 Å². The maximum Gasteiger partial charge on any atom is 0.160 e. The summed E-state index contributed by atoms with van der Waals surface area (Å²) in [4.78, 5) is 4.26. The second kappa shape index (κ2) is 3.71. The third-order valence-corrected chi connectivity index (χ3v) is 3.28. The lowest BCUT2D eigenvalue weighted by Crippen LogP contribution is -2.19. The Morgan fingerprint density at radius 1 is 1.62 bits per heavy atom. The van der Waals surface area contributed by atoms with E-state index in [9.17, 15) is 8.76 Å². The summed E-state index contributed by atoms with van der Waals surface area (Å²) in [5.41, 5.74) is 0.392. The molecule has 1 atom stereocenters. The number of hydrogen-bond acceptors (Lipinski definition) is 5. The molecule has 2 heterocycles. The summed E-state index contributed by atoms with van der Waals surface area (Å²) >= 11 is -2.40. The molecule has 1 aliphatic rings. The van der Waals surface area contributed by atoms with Gasteiger partial charge in [-0.1, -0.05) is 13.8 Å². The molecule has 0 saturated carbocycles. The number of methoxy groups -OCH3 is 1. The molecule has 16 heavy (non-hydrogen) atoms. The SMILES string of the molecule is COc1cnc2c(c1S(=O)[O-])OCC2(C)C. The zero-order chi connectivity index (χ0) is 11.9. The van der Waals surface area contributed by atoms with Crippen molar-refractivity contribution < 1.29 is 18.2 Å². The number of hydrogen-bond donors (Lipinski definition) is 0. The zero-order valence-electron chi connectivity index (χ0n) is 9.27. The van der Waals surface area contributed by atoms with Crippen LogP contribution in [0.4, 0.5) is 0 Å². The van der Waals surface area contributed by atoms with Crippen molar-refractivity contribution in [1.82, 2.24) is 4.98 Å². The number of nitrogens with zero attached hydrogens (tertiary/aromatic N) is 1. The molecule has 0 bridgehead atoms. The standard InChI is InChI=1S/C10H13NO4S/c1-10(2)5-15-7-8(16(12)13)6(14-3)4-11-9(7)10/h4H,5H2,1-3H3,(H,12,13)/p-1. The smallest absolute Gasteiger partial charge is 0.160 e. The Labute approximate surface area is 96.1 Å². The number of ether oxygens (including phenoxy) is 2. The Morgan fingerprint density at radius 3 is 2.88 bits per heavy atom. The molecule has 0 saturated heterocycles. The van der Waals surface area contributed by atoms with E-state index in [4.69, 9.17) is 9.47 Å². The Bertz CT molecular complexity index is 458. The van der Waals surface area contributed by atoms with Crippen molar-refractivity contribution in [1.29, 1.82) is 0 Å². The molecular formula is C10H12NO4S-. The summed E-state index contributed by atoms with van der Waals surface area (Å²) in [6.07, 6.45) is 1.42. The predicted molar refractivity (Wildman–Crippen MR) is 56.5 cm³/mol. The molecule has 5 nitrogen and oxygen atoms in total. The largest absolute Gasteiger partial charge is 0.768 e. The van der Waals surface area contributed by atoms with Crippen LogP contribution in [0.25, 0.3) is 0 Å². The molecule has 1 unspecified atom stereocenters. The summed E-state index contributed by atoms with van der Waals surface area (Å²) < 4.78 is 32.7. The Hall–Kier alpha value is -1.14. The van der Waals surface area contributed by atoms with Gasteiger partial charge in [0.15, 0.2) is 11.5 Å². The lowest BCUT2D eigenvalue weighted by Gasteiger charge is -2.16. The number of rotatable bonds is 2. The van der Waals surface area contributed by atoms with Gasteiger partial charge in [-0.15, -0.1) is 0 Å². The van der Waals surface area contributed by atoms with E-state index in [0.29, 0.717) is 18.1 Å². The van der Waals surface area contributed by atoms with E-state index in [0.717, 1.165) is 0 Å². The molecule has 1 aromatic rings. The average molecular weight is 242 g/mol. The number of fused-ring (bicyclic) bond motifs is 1. The van der Waals surface area contributed by atoms with Crippen LogP contribution < -0.4 is 9.47 Å². The second-order valence-corrected chi connectivity index (χ2v) is 5.12. The molecule has 0 radical (unpaired) electrons. The minimum Gasteiger partial charge on any atom is -0.768 e. The lowest BCUT2D eigenvalue weighted by atomic mass is 9.91. The van der Waals surface area contributed by atoms with Gasteiger partial charge in [0.1, 0.15) is 4.90 Å². The van der Waals surface area contributed by atoms with Crippen molar-refractivity contribution in [2.24, 2.45) is 0 Å². The summed E-state index contributed by atoms with van der Waals surface area (Å²) in [6, 6.07) is 0. The van der Waals surface area contributed by atoms with Crippen LogP contribution in [-0.4, -0.2) is 27.5 Å². The van der Waals surface area contributed by atoms with Gasteiger partial charge in [-0.25, -0.2) is 0 Å². The fourth-order valence-corrected chi connectivity index (χ4v) is 2.31. The van der Waals surface area contributed by atoms with Gasteiger partial charge in [0.25, 0.3) is 0 Å². The lowest BCUT2D eigenvalue weighted by molar-refractivity contribution is 0.283. The first-order valence-corrected chi connectivity index (χ1v) is 5.84. The Morgan fingerprint density at radius 2 is 2.31 bits per heavy atom. The quantitative estimate of drug-likeness (QED) is 0.723. The van der Waals surface area contributed by atoms with Gasteiger partial charge in [-0.3, -0.25) is 9.19 Å². The highest BCUT2D eigenvalue weighted by atomic mass is 32.2. The van der Waals surface area contributed by atoms with E-state index in [-0.39, 0.29) is 16.1 Å². The van der Waals surface area contributed by atoms with Gasteiger partial charge < -0.3 is 14.0 Å². The second-order valence-electron chi connectivity index (χ2n) is 4.24. The van der Waals surface area contributed by atoms with E-state index in [1.807, 2.05) is 13.8 Å². The van der Waals surface area contributed by atoms with Gasteiger partial charge in [-0.05, 0) is 11.1 Å². The monoisotopic (exact) mass is 242 g/mol. The third-order valence-electron chi connectivity index (χ3n) is 2.56. The first kappa shape index (κ1) is 11.3. The molecule has 6 heteroatoms. The van der Waals surface area contributed by atoms with Crippen molar-refractivity contribution in [3.63, 3.8) is 0 Å². The minimum atomic E-state index is -2.40. The topological polar surface area (TPSA) is 71.5 Å². The maximum atomic E-state index is 11.2.